The van der Waals surface area contributed by atoms with Crippen LogP contribution < -0.4 is 15.5 Å². The van der Waals surface area contributed by atoms with Gasteiger partial charge in [0.2, 0.25) is 5.91 Å². The van der Waals surface area contributed by atoms with E-state index in [1.54, 1.807) is 56.3 Å². The standard InChI is InChI=1S/C30H30N4O6/c1-5-40-30(39)19-11-13-21-23(15-19)32-28(36)26(21)27(18-9-7-6-8-10-18)31-20-12-14-24(22(16-20)29(37)38)34(4)25(35)17-33(2)3/h6-16,31H,5,17H2,1-4H3,(H,32,36)(H,37,38). The highest BCUT2D eigenvalue weighted by atomic mass is 16.5. The van der Waals surface area contributed by atoms with Gasteiger partial charge in [-0.2, -0.15) is 0 Å². The Kier molecular flexibility index (Phi) is 8.30. The van der Waals surface area contributed by atoms with E-state index in [4.69, 9.17) is 4.74 Å². The van der Waals surface area contributed by atoms with E-state index in [2.05, 4.69) is 10.6 Å². The molecule has 40 heavy (non-hydrogen) atoms. The Hall–Kier alpha value is -4.96. The monoisotopic (exact) mass is 542 g/mol. The van der Waals surface area contributed by atoms with Crippen molar-refractivity contribution < 1.29 is 29.0 Å². The summed E-state index contributed by atoms with van der Waals surface area (Å²) in [6, 6.07) is 18.6. The molecule has 10 nitrogen and oxygen atoms in total. The summed E-state index contributed by atoms with van der Waals surface area (Å²) in [6.07, 6.45) is 0. The molecular formula is C30H30N4O6. The predicted molar refractivity (Wildman–Crippen MR) is 153 cm³/mol. The summed E-state index contributed by atoms with van der Waals surface area (Å²) in [6.45, 7) is 2.06. The van der Waals surface area contributed by atoms with Crippen LogP contribution in [0.15, 0.2) is 66.7 Å². The molecule has 0 spiro atoms. The maximum Gasteiger partial charge on any atom is 0.338 e. The van der Waals surface area contributed by atoms with E-state index in [1.165, 1.54) is 18.0 Å². The van der Waals surface area contributed by atoms with Gasteiger partial charge in [-0.1, -0.05) is 36.4 Å². The van der Waals surface area contributed by atoms with Crippen LogP contribution in [0.25, 0.3) is 11.3 Å². The quantitative estimate of drug-likeness (QED) is 0.273. The third kappa shape index (κ3) is 5.87. The highest BCUT2D eigenvalue weighted by Crippen LogP contribution is 2.38. The molecule has 4 rings (SSSR count). The zero-order chi connectivity index (χ0) is 29.0. The molecule has 1 aliphatic heterocycles. The number of hydrogen-bond acceptors (Lipinski definition) is 7. The Morgan fingerprint density at radius 3 is 2.33 bits per heavy atom. The smallest absolute Gasteiger partial charge is 0.338 e. The average molecular weight is 543 g/mol. The summed E-state index contributed by atoms with van der Waals surface area (Å²) in [4.78, 5) is 53.3. The lowest BCUT2D eigenvalue weighted by molar-refractivity contribution is -0.119. The first-order chi connectivity index (χ1) is 19.1. The fraction of sp³-hybridized carbons (Fsp3) is 0.200. The van der Waals surface area contributed by atoms with E-state index in [1.807, 2.05) is 30.3 Å². The van der Waals surface area contributed by atoms with Crippen molar-refractivity contribution >= 4 is 52.1 Å². The Balaban J connectivity index is 1.79. The molecule has 0 aliphatic carbocycles. The van der Waals surface area contributed by atoms with Crippen molar-refractivity contribution in [3.05, 3.63) is 89.0 Å². The van der Waals surface area contributed by atoms with Crippen molar-refractivity contribution in [3.8, 4) is 0 Å². The summed E-state index contributed by atoms with van der Waals surface area (Å²) >= 11 is 0. The highest BCUT2D eigenvalue weighted by Gasteiger charge is 2.30. The number of rotatable bonds is 9. The van der Waals surface area contributed by atoms with Crippen LogP contribution in [0, 0.1) is 0 Å². The zero-order valence-electron chi connectivity index (χ0n) is 22.6. The number of nitrogens with one attached hydrogen (secondary N) is 2. The molecule has 0 atom stereocenters. The van der Waals surface area contributed by atoms with E-state index in [0.717, 1.165) is 0 Å². The number of fused-ring (bicyclic) bond motifs is 1. The molecule has 3 N–H and O–H groups in total. The summed E-state index contributed by atoms with van der Waals surface area (Å²) in [5.74, 6) is -2.34. The van der Waals surface area contributed by atoms with Gasteiger partial charge in [0.25, 0.3) is 5.91 Å². The number of hydrogen-bond donors (Lipinski definition) is 3. The number of carboxylic acid groups (broad SMARTS) is 1. The van der Waals surface area contributed by atoms with Crippen molar-refractivity contribution in [1.29, 1.82) is 0 Å². The van der Waals surface area contributed by atoms with E-state index >= 15 is 0 Å². The topological polar surface area (TPSA) is 128 Å². The van der Waals surface area contributed by atoms with Crippen LogP contribution >= 0.6 is 0 Å². The first kappa shape index (κ1) is 28.1. The van der Waals surface area contributed by atoms with Crippen LogP contribution in [0.4, 0.5) is 17.1 Å². The number of esters is 1. The summed E-state index contributed by atoms with van der Waals surface area (Å²) in [7, 11) is 5.04. The van der Waals surface area contributed by atoms with Crippen LogP contribution in [0.2, 0.25) is 0 Å². The van der Waals surface area contributed by atoms with Gasteiger partial charge in [0, 0.05) is 18.3 Å². The number of anilines is 3. The van der Waals surface area contributed by atoms with Crippen molar-refractivity contribution in [2.45, 2.75) is 6.92 Å². The summed E-state index contributed by atoms with van der Waals surface area (Å²) < 4.78 is 5.08. The highest BCUT2D eigenvalue weighted by molar-refractivity contribution is 6.37. The Bertz CT molecular complexity index is 1510. The van der Waals surface area contributed by atoms with E-state index < -0.39 is 11.9 Å². The number of ether oxygens (including phenoxy) is 1. The molecule has 0 bridgehead atoms. The van der Waals surface area contributed by atoms with E-state index in [9.17, 15) is 24.3 Å². The fourth-order valence-corrected chi connectivity index (χ4v) is 4.38. The van der Waals surface area contributed by atoms with Crippen LogP contribution in [-0.2, 0) is 14.3 Å². The van der Waals surface area contributed by atoms with Crippen molar-refractivity contribution in [2.24, 2.45) is 0 Å². The maximum atomic E-state index is 13.3. The normalized spacial score (nSPS) is 13.4. The number of likely N-dealkylation sites (N-methyl/N-ethyl adjacent to an activating group) is 2. The van der Waals surface area contributed by atoms with Crippen LogP contribution in [0.3, 0.4) is 0 Å². The molecule has 0 radical (unpaired) electrons. The second-order valence-corrected chi connectivity index (χ2v) is 9.40. The van der Waals surface area contributed by atoms with Gasteiger partial charge in [-0.3, -0.25) is 9.59 Å². The molecule has 10 heteroatoms. The fourth-order valence-electron chi connectivity index (χ4n) is 4.38. The minimum Gasteiger partial charge on any atom is -0.478 e. The van der Waals surface area contributed by atoms with Gasteiger partial charge in [-0.15, -0.1) is 0 Å². The molecule has 0 fully saturated rings. The van der Waals surface area contributed by atoms with Gasteiger partial charge >= 0.3 is 11.9 Å². The third-order valence-corrected chi connectivity index (χ3v) is 6.27. The number of carbonyl (C=O) groups excluding carboxylic acids is 3. The molecule has 0 saturated heterocycles. The lowest BCUT2D eigenvalue weighted by Gasteiger charge is -2.22. The first-order valence-electron chi connectivity index (χ1n) is 12.6. The van der Waals surface area contributed by atoms with E-state index in [-0.39, 0.29) is 36.2 Å². The SMILES string of the molecule is CCOC(=O)c1ccc2c(c1)NC(=O)C2=C(Nc1ccc(N(C)C(=O)CN(C)C)c(C(=O)O)c1)c1ccccc1. The van der Waals surface area contributed by atoms with Gasteiger partial charge in [-0.25, -0.2) is 9.59 Å². The van der Waals surface area contributed by atoms with E-state index in [0.29, 0.717) is 39.3 Å². The molecule has 2 amide bonds. The molecule has 206 valence electrons. The predicted octanol–water partition coefficient (Wildman–Crippen LogP) is 4.02. The average Bonchev–Trinajstić information content (AvgIpc) is 3.26. The number of benzene rings is 3. The number of carbonyl (C=O) groups is 4. The maximum absolute atomic E-state index is 13.3. The van der Waals surface area contributed by atoms with Gasteiger partial charge in [0.1, 0.15) is 0 Å². The molecule has 1 aliphatic rings. The lowest BCUT2D eigenvalue weighted by atomic mass is 9.98. The minimum absolute atomic E-state index is 0.0765. The summed E-state index contributed by atoms with van der Waals surface area (Å²) in [5, 5.41) is 16.0. The number of nitrogens with zero attached hydrogens (tertiary/aromatic N) is 2. The second kappa shape index (κ2) is 11.8. The van der Waals surface area contributed by atoms with Crippen molar-refractivity contribution in [2.75, 3.05) is 49.8 Å². The van der Waals surface area contributed by atoms with Crippen molar-refractivity contribution in [3.63, 3.8) is 0 Å². The molecule has 3 aromatic carbocycles. The molecule has 3 aromatic rings. The lowest BCUT2D eigenvalue weighted by Crippen LogP contribution is -2.35. The van der Waals surface area contributed by atoms with Crippen LogP contribution in [0.5, 0.6) is 0 Å². The van der Waals surface area contributed by atoms with Gasteiger partial charge in [-0.05, 0) is 56.9 Å². The third-order valence-electron chi connectivity index (χ3n) is 6.27. The molecule has 0 aromatic heterocycles. The number of carboxylic acids is 1. The number of aromatic carboxylic acids is 1. The number of amides is 2. The largest absolute Gasteiger partial charge is 0.478 e. The summed E-state index contributed by atoms with van der Waals surface area (Å²) in [5.41, 5.74) is 3.39. The molecular weight excluding hydrogens is 512 g/mol. The van der Waals surface area contributed by atoms with Crippen LogP contribution in [0.1, 0.15) is 38.8 Å². The Morgan fingerprint density at radius 2 is 1.68 bits per heavy atom. The second-order valence-electron chi connectivity index (χ2n) is 9.40. The Labute approximate surface area is 231 Å². The van der Waals surface area contributed by atoms with Crippen molar-refractivity contribution in [1.82, 2.24) is 4.90 Å². The van der Waals surface area contributed by atoms with Gasteiger partial charge in [0.05, 0.1) is 46.9 Å². The van der Waals surface area contributed by atoms with Gasteiger partial charge < -0.3 is 30.3 Å². The minimum atomic E-state index is -1.20. The molecule has 1 heterocycles. The van der Waals surface area contributed by atoms with Gasteiger partial charge in [0.15, 0.2) is 0 Å². The van der Waals surface area contributed by atoms with Crippen LogP contribution in [-0.4, -0.2) is 68.1 Å². The first-order valence-corrected chi connectivity index (χ1v) is 12.6. The molecule has 0 unspecified atom stereocenters. The Morgan fingerprint density at radius 1 is 0.950 bits per heavy atom. The zero-order valence-corrected chi connectivity index (χ0v) is 22.6. The molecule has 0 saturated carbocycles.